The van der Waals surface area contributed by atoms with Crippen LogP contribution >= 0.6 is 0 Å². The molecule has 130 valence electrons. The molecule has 7 heteroatoms. The van der Waals surface area contributed by atoms with Gasteiger partial charge in [-0.15, -0.1) is 0 Å². The van der Waals surface area contributed by atoms with Gasteiger partial charge < -0.3 is 9.72 Å². The summed E-state index contributed by atoms with van der Waals surface area (Å²) in [5.41, 5.74) is 0.306. The van der Waals surface area contributed by atoms with Crippen molar-refractivity contribution < 1.29 is 13.2 Å². The van der Waals surface area contributed by atoms with Gasteiger partial charge >= 0.3 is 0 Å². The number of pyridine rings is 1. The summed E-state index contributed by atoms with van der Waals surface area (Å²) in [5, 5.41) is 0.652. The molecule has 0 atom stereocenters. The smallest absolute Gasteiger partial charge is 0.245 e. The zero-order chi connectivity index (χ0) is 16.6. The SMILES string of the molecule is O=S(=O)(c1c[nH]c2ncccc12)N1CCOC2(CCCCCC2)C1. The molecule has 1 N–H and O–H groups in total. The number of H-pyrrole nitrogens is 1. The van der Waals surface area contributed by atoms with Crippen molar-refractivity contribution in [3.05, 3.63) is 24.5 Å². The summed E-state index contributed by atoms with van der Waals surface area (Å²) in [6.45, 7) is 1.35. The van der Waals surface area contributed by atoms with Gasteiger partial charge in [-0.2, -0.15) is 4.31 Å². The fraction of sp³-hybridized carbons (Fsp3) is 0.588. The first-order valence-corrected chi connectivity index (χ1v) is 10.1. The summed E-state index contributed by atoms with van der Waals surface area (Å²) in [6.07, 6.45) is 9.78. The number of sulfonamides is 1. The molecule has 0 radical (unpaired) electrons. The largest absolute Gasteiger partial charge is 0.372 e. The molecule has 2 aromatic heterocycles. The van der Waals surface area contributed by atoms with Gasteiger partial charge in [-0.3, -0.25) is 0 Å². The molecule has 6 nitrogen and oxygen atoms in total. The fourth-order valence-corrected chi connectivity index (χ4v) is 5.62. The molecule has 2 aromatic rings. The lowest BCUT2D eigenvalue weighted by Gasteiger charge is -2.41. The van der Waals surface area contributed by atoms with Crippen LogP contribution in [0.15, 0.2) is 29.4 Å². The zero-order valence-corrected chi connectivity index (χ0v) is 14.5. The normalized spacial score (nSPS) is 22.7. The van der Waals surface area contributed by atoms with Crippen molar-refractivity contribution in [2.24, 2.45) is 0 Å². The Labute approximate surface area is 142 Å². The number of nitrogens with zero attached hydrogens (tertiary/aromatic N) is 2. The average molecular weight is 349 g/mol. The van der Waals surface area contributed by atoms with Gasteiger partial charge in [-0.05, 0) is 25.0 Å². The van der Waals surface area contributed by atoms with Crippen LogP contribution in [0.5, 0.6) is 0 Å². The summed E-state index contributed by atoms with van der Waals surface area (Å²) in [4.78, 5) is 7.48. The highest BCUT2D eigenvalue weighted by atomic mass is 32.2. The molecular formula is C17H23N3O3S. The van der Waals surface area contributed by atoms with E-state index in [0.717, 1.165) is 25.7 Å². The maximum atomic E-state index is 13.2. The van der Waals surface area contributed by atoms with E-state index in [2.05, 4.69) is 9.97 Å². The molecule has 4 rings (SSSR count). The first-order chi connectivity index (χ1) is 11.6. The molecule has 2 fully saturated rings. The van der Waals surface area contributed by atoms with E-state index < -0.39 is 10.0 Å². The van der Waals surface area contributed by atoms with Gasteiger partial charge in [-0.1, -0.05) is 25.7 Å². The van der Waals surface area contributed by atoms with E-state index in [1.54, 1.807) is 28.8 Å². The molecular weight excluding hydrogens is 326 g/mol. The van der Waals surface area contributed by atoms with Crippen LogP contribution < -0.4 is 0 Å². The van der Waals surface area contributed by atoms with Crippen LogP contribution in [0.3, 0.4) is 0 Å². The number of aromatic amines is 1. The summed E-state index contributed by atoms with van der Waals surface area (Å²) in [6, 6.07) is 3.56. The Bertz CT molecular complexity index is 822. The third-order valence-corrected chi connectivity index (χ3v) is 7.14. The van der Waals surface area contributed by atoms with E-state index in [4.69, 9.17) is 4.74 Å². The van der Waals surface area contributed by atoms with Gasteiger partial charge in [0, 0.05) is 30.9 Å². The van der Waals surface area contributed by atoms with Crippen LogP contribution in [0.1, 0.15) is 38.5 Å². The molecule has 24 heavy (non-hydrogen) atoms. The quantitative estimate of drug-likeness (QED) is 0.904. The Kier molecular flexibility index (Phi) is 4.10. The third-order valence-electron chi connectivity index (χ3n) is 5.26. The van der Waals surface area contributed by atoms with Crippen molar-refractivity contribution in [3.63, 3.8) is 0 Å². The van der Waals surface area contributed by atoms with Gasteiger partial charge in [0.2, 0.25) is 10.0 Å². The molecule has 0 unspecified atom stereocenters. The number of morpholine rings is 1. The van der Waals surface area contributed by atoms with Crippen LogP contribution in [0.4, 0.5) is 0 Å². The number of hydrogen-bond donors (Lipinski definition) is 1. The number of fused-ring (bicyclic) bond motifs is 1. The van der Waals surface area contributed by atoms with Crippen LogP contribution in [0.2, 0.25) is 0 Å². The molecule has 2 aliphatic rings. The Morgan fingerprint density at radius 2 is 2.00 bits per heavy atom. The first kappa shape index (κ1) is 16.1. The maximum absolute atomic E-state index is 13.2. The molecule has 1 spiro atoms. The third kappa shape index (κ3) is 2.74. The van der Waals surface area contributed by atoms with Crippen LogP contribution in [-0.2, 0) is 14.8 Å². The number of hydrogen-bond acceptors (Lipinski definition) is 4. The molecule has 1 aliphatic heterocycles. The highest BCUT2D eigenvalue weighted by Gasteiger charge is 2.41. The highest BCUT2D eigenvalue weighted by Crippen LogP contribution is 2.35. The molecule has 1 saturated carbocycles. The molecule has 1 saturated heterocycles. The Balaban J connectivity index is 1.66. The topological polar surface area (TPSA) is 75.3 Å². The Hall–Kier alpha value is -1.44. The number of nitrogens with one attached hydrogen (secondary N) is 1. The minimum absolute atomic E-state index is 0.299. The standard InChI is InChI=1S/C17H23N3O3S/c21-24(22,15-12-19-16-14(15)6-5-9-18-16)20-10-11-23-17(13-20)7-3-1-2-4-8-17/h5-6,9,12H,1-4,7-8,10-11,13H2,(H,18,19). The predicted molar refractivity (Wildman–Crippen MR) is 91.2 cm³/mol. The Morgan fingerprint density at radius 3 is 2.79 bits per heavy atom. The van der Waals surface area contributed by atoms with E-state index in [9.17, 15) is 8.42 Å². The van der Waals surface area contributed by atoms with Crippen molar-refractivity contribution in [2.45, 2.75) is 49.0 Å². The fourth-order valence-electron chi connectivity index (χ4n) is 3.97. The van der Waals surface area contributed by atoms with E-state index in [1.807, 2.05) is 0 Å². The Morgan fingerprint density at radius 1 is 1.21 bits per heavy atom. The van der Waals surface area contributed by atoms with Gasteiger partial charge in [0.1, 0.15) is 10.5 Å². The van der Waals surface area contributed by atoms with Crippen LogP contribution in [-0.4, -0.2) is 48.0 Å². The van der Waals surface area contributed by atoms with E-state index in [0.29, 0.717) is 35.6 Å². The van der Waals surface area contributed by atoms with E-state index in [1.165, 1.54) is 12.8 Å². The average Bonchev–Trinajstić information content (AvgIpc) is 2.91. The van der Waals surface area contributed by atoms with Gasteiger partial charge in [-0.25, -0.2) is 13.4 Å². The predicted octanol–water partition coefficient (Wildman–Crippen LogP) is 2.68. The summed E-state index contributed by atoms with van der Waals surface area (Å²) in [5.74, 6) is 0. The van der Waals surface area contributed by atoms with Gasteiger partial charge in [0.05, 0.1) is 12.2 Å². The maximum Gasteiger partial charge on any atom is 0.245 e. The molecule has 1 aliphatic carbocycles. The monoisotopic (exact) mass is 349 g/mol. The van der Waals surface area contributed by atoms with E-state index in [-0.39, 0.29) is 5.60 Å². The van der Waals surface area contributed by atoms with Crippen LogP contribution in [0.25, 0.3) is 11.0 Å². The molecule has 0 amide bonds. The minimum atomic E-state index is -3.55. The van der Waals surface area contributed by atoms with E-state index >= 15 is 0 Å². The minimum Gasteiger partial charge on any atom is -0.372 e. The molecule has 0 aromatic carbocycles. The van der Waals surface area contributed by atoms with Gasteiger partial charge in [0.15, 0.2) is 0 Å². The van der Waals surface area contributed by atoms with Crippen LogP contribution in [0, 0.1) is 0 Å². The molecule has 3 heterocycles. The van der Waals surface area contributed by atoms with Crippen molar-refractivity contribution in [2.75, 3.05) is 19.7 Å². The second-order valence-corrected chi connectivity index (χ2v) is 8.74. The lowest BCUT2D eigenvalue weighted by atomic mass is 9.93. The second kappa shape index (κ2) is 6.13. The number of ether oxygens (including phenoxy) is 1. The number of aromatic nitrogens is 2. The van der Waals surface area contributed by atoms with Crippen molar-refractivity contribution in [1.82, 2.24) is 14.3 Å². The lowest BCUT2D eigenvalue weighted by Crippen LogP contribution is -2.53. The summed E-state index contributed by atoms with van der Waals surface area (Å²) in [7, 11) is -3.55. The molecule has 0 bridgehead atoms. The van der Waals surface area contributed by atoms with Crippen molar-refractivity contribution in [1.29, 1.82) is 0 Å². The first-order valence-electron chi connectivity index (χ1n) is 8.67. The number of rotatable bonds is 2. The lowest BCUT2D eigenvalue weighted by molar-refractivity contribution is -0.0976. The van der Waals surface area contributed by atoms with Crippen molar-refractivity contribution >= 4 is 21.1 Å². The second-order valence-electron chi connectivity index (χ2n) is 6.84. The van der Waals surface area contributed by atoms with Gasteiger partial charge in [0.25, 0.3) is 0 Å². The highest BCUT2D eigenvalue weighted by molar-refractivity contribution is 7.89. The summed E-state index contributed by atoms with van der Waals surface area (Å²) >= 11 is 0. The zero-order valence-electron chi connectivity index (χ0n) is 13.7. The summed E-state index contributed by atoms with van der Waals surface area (Å²) < 4.78 is 34.1. The van der Waals surface area contributed by atoms with Crippen molar-refractivity contribution in [3.8, 4) is 0 Å².